The number of aryl methyl sites for hydroxylation is 1. The lowest BCUT2D eigenvalue weighted by Crippen LogP contribution is -2.28. The van der Waals surface area contributed by atoms with Gasteiger partial charge in [0.15, 0.2) is 11.5 Å². The lowest BCUT2D eigenvalue weighted by Gasteiger charge is -2.24. The average molecular weight is 606 g/mol. The van der Waals surface area contributed by atoms with Gasteiger partial charge in [0.2, 0.25) is 0 Å². The minimum absolute atomic E-state index is 0.0797. The summed E-state index contributed by atoms with van der Waals surface area (Å²) in [5.74, 6) is 2.15. The van der Waals surface area contributed by atoms with E-state index in [9.17, 15) is 4.79 Å². The van der Waals surface area contributed by atoms with Crippen LogP contribution in [0.15, 0.2) is 107 Å². The molecular formula is C36H35N3O4S. The Morgan fingerprint density at radius 3 is 2.45 bits per heavy atom. The van der Waals surface area contributed by atoms with E-state index in [0.29, 0.717) is 17.9 Å². The zero-order chi connectivity index (χ0) is 30.6. The highest BCUT2D eigenvalue weighted by molar-refractivity contribution is 8.00. The molecule has 0 saturated heterocycles. The highest BCUT2D eigenvalue weighted by Gasteiger charge is 2.35. The van der Waals surface area contributed by atoms with Gasteiger partial charge in [0, 0.05) is 40.5 Å². The summed E-state index contributed by atoms with van der Waals surface area (Å²) in [6.07, 6.45) is 2.70. The summed E-state index contributed by atoms with van der Waals surface area (Å²) in [7, 11) is 4.88. The molecule has 0 spiro atoms. The first-order chi connectivity index (χ1) is 21.5. The van der Waals surface area contributed by atoms with Gasteiger partial charge in [-0.05, 0) is 54.4 Å². The fraction of sp³-hybridized carbons (Fsp3) is 0.222. The summed E-state index contributed by atoms with van der Waals surface area (Å²) in [6, 6.07) is 30.1. The van der Waals surface area contributed by atoms with Crippen LogP contribution in [0.4, 0.5) is 0 Å². The fourth-order valence-electron chi connectivity index (χ4n) is 5.79. The maximum Gasteiger partial charge on any atom is 0.253 e. The molecule has 44 heavy (non-hydrogen) atoms. The van der Waals surface area contributed by atoms with Crippen LogP contribution in [0.1, 0.15) is 34.7 Å². The van der Waals surface area contributed by atoms with E-state index in [1.54, 1.807) is 38.1 Å². The second kappa shape index (κ2) is 12.9. The molecule has 1 atom stereocenters. The maximum atomic E-state index is 14.0. The summed E-state index contributed by atoms with van der Waals surface area (Å²) in [6.45, 7) is 2.87. The predicted molar refractivity (Wildman–Crippen MR) is 176 cm³/mol. The Morgan fingerprint density at radius 2 is 1.70 bits per heavy atom. The van der Waals surface area contributed by atoms with E-state index in [1.165, 1.54) is 11.1 Å². The lowest BCUT2D eigenvalue weighted by atomic mass is 9.97. The molecule has 5 aromatic rings. The number of rotatable bonds is 10. The Bertz CT molecular complexity index is 1830. The summed E-state index contributed by atoms with van der Waals surface area (Å²) < 4.78 is 19.0. The summed E-state index contributed by atoms with van der Waals surface area (Å²) in [4.78, 5) is 15.1. The van der Waals surface area contributed by atoms with Gasteiger partial charge < -0.3 is 18.8 Å². The first-order valence-corrected chi connectivity index (χ1v) is 15.5. The van der Waals surface area contributed by atoms with Crippen LogP contribution >= 0.6 is 11.8 Å². The number of carbonyl (C=O) groups excluding carboxylic acids is 1. The van der Waals surface area contributed by atoms with Gasteiger partial charge in [-0.2, -0.15) is 5.10 Å². The Kier molecular flexibility index (Phi) is 8.61. The van der Waals surface area contributed by atoms with E-state index in [-0.39, 0.29) is 17.7 Å². The molecule has 0 aliphatic carbocycles. The van der Waals surface area contributed by atoms with Crippen LogP contribution in [-0.4, -0.2) is 48.3 Å². The molecule has 1 amide bonds. The van der Waals surface area contributed by atoms with Crippen molar-refractivity contribution >= 4 is 34.3 Å². The first-order valence-electron chi connectivity index (χ1n) is 14.5. The minimum atomic E-state index is -0.340. The Balaban J connectivity index is 1.30. The third-order valence-corrected chi connectivity index (χ3v) is 8.95. The second-order valence-electron chi connectivity index (χ2n) is 10.7. The van der Waals surface area contributed by atoms with Crippen molar-refractivity contribution < 1.29 is 19.0 Å². The number of nitrogens with zero attached hydrogens (tertiary/aromatic N) is 3. The molecule has 1 aliphatic rings. The lowest BCUT2D eigenvalue weighted by molar-refractivity contribution is -0.130. The molecule has 4 aromatic carbocycles. The van der Waals surface area contributed by atoms with E-state index >= 15 is 0 Å². The van der Waals surface area contributed by atoms with Crippen LogP contribution in [0.3, 0.4) is 0 Å². The topological polar surface area (TPSA) is 65.3 Å². The van der Waals surface area contributed by atoms with Gasteiger partial charge in [-0.25, -0.2) is 5.01 Å². The minimum Gasteiger partial charge on any atom is -0.497 e. The van der Waals surface area contributed by atoms with Crippen LogP contribution < -0.4 is 14.2 Å². The van der Waals surface area contributed by atoms with Gasteiger partial charge in [-0.15, -0.1) is 11.8 Å². The zero-order valence-corrected chi connectivity index (χ0v) is 26.1. The monoisotopic (exact) mass is 605 g/mol. The number of ether oxygens (including phenoxy) is 3. The number of methoxy groups -OCH3 is 3. The van der Waals surface area contributed by atoms with E-state index in [1.807, 2.05) is 48.5 Å². The van der Waals surface area contributed by atoms with Crippen molar-refractivity contribution in [3.63, 3.8) is 0 Å². The number of hydrogen-bond acceptors (Lipinski definition) is 6. The van der Waals surface area contributed by atoms with E-state index < -0.39 is 0 Å². The number of hydrogen-bond donors (Lipinski definition) is 0. The highest BCUT2D eigenvalue weighted by atomic mass is 32.2. The van der Waals surface area contributed by atoms with Gasteiger partial charge >= 0.3 is 0 Å². The quantitative estimate of drug-likeness (QED) is 0.154. The number of amides is 1. The van der Waals surface area contributed by atoms with Crippen molar-refractivity contribution in [2.24, 2.45) is 5.10 Å². The molecule has 0 N–H and O–H groups in total. The van der Waals surface area contributed by atoms with Crippen molar-refractivity contribution in [1.29, 1.82) is 0 Å². The second-order valence-corrected chi connectivity index (χ2v) is 11.7. The normalized spacial score (nSPS) is 14.5. The summed E-state index contributed by atoms with van der Waals surface area (Å²) in [5.41, 5.74) is 6.25. The van der Waals surface area contributed by atoms with Crippen molar-refractivity contribution in [1.82, 2.24) is 9.58 Å². The van der Waals surface area contributed by atoms with Gasteiger partial charge in [0.05, 0.1) is 38.8 Å². The van der Waals surface area contributed by atoms with E-state index in [2.05, 4.69) is 60.2 Å². The average Bonchev–Trinajstić information content (AvgIpc) is 3.65. The zero-order valence-electron chi connectivity index (χ0n) is 25.3. The Morgan fingerprint density at radius 1 is 0.909 bits per heavy atom. The SMILES string of the molecule is COc1ccc(C2=NN(C(=O)CSc3cn(Cc4cccc(C)c4)c4ccccc34)[C@@H](c3cccc(OC)c3OC)C2)cc1. The molecule has 0 unspecified atom stereocenters. The third kappa shape index (κ3) is 5.90. The molecule has 0 bridgehead atoms. The Labute approximate surface area is 262 Å². The van der Waals surface area contributed by atoms with Crippen molar-refractivity contribution in [3.05, 3.63) is 119 Å². The largest absolute Gasteiger partial charge is 0.497 e. The fourth-order valence-corrected chi connectivity index (χ4v) is 6.73. The van der Waals surface area contributed by atoms with Gasteiger partial charge in [0.1, 0.15) is 5.75 Å². The van der Waals surface area contributed by atoms with Crippen LogP contribution in [-0.2, 0) is 11.3 Å². The molecular weight excluding hydrogens is 570 g/mol. The molecule has 8 heteroatoms. The number of hydrazone groups is 1. The van der Waals surface area contributed by atoms with Crippen molar-refractivity contribution in [2.45, 2.75) is 30.8 Å². The smallest absolute Gasteiger partial charge is 0.253 e. The molecule has 2 heterocycles. The van der Waals surface area contributed by atoms with Crippen LogP contribution in [0.2, 0.25) is 0 Å². The van der Waals surface area contributed by atoms with E-state index in [0.717, 1.165) is 44.9 Å². The number of carbonyl (C=O) groups is 1. The number of fused-ring (bicyclic) bond motifs is 1. The molecule has 1 aromatic heterocycles. The van der Waals surface area contributed by atoms with Crippen molar-refractivity contribution in [3.8, 4) is 17.2 Å². The highest BCUT2D eigenvalue weighted by Crippen LogP contribution is 2.42. The number of benzene rings is 4. The Hall–Kier alpha value is -4.69. The molecule has 1 aliphatic heterocycles. The third-order valence-electron chi connectivity index (χ3n) is 7.92. The van der Waals surface area contributed by atoms with Crippen LogP contribution in [0.25, 0.3) is 10.9 Å². The van der Waals surface area contributed by atoms with Gasteiger partial charge in [-0.3, -0.25) is 4.79 Å². The molecule has 6 rings (SSSR count). The number of para-hydroxylation sites is 2. The molecule has 224 valence electrons. The maximum absolute atomic E-state index is 14.0. The standard InChI is InChI=1S/C36H35N3O4S/c1-24-9-7-10-25(19-24)21-38-22-34(28-11-5-6-13-31(28)38)44-23-35(40)39-32(29-12-8-14-33(42-3)36(29)43-4)20-30(37-39)26-15-17-27(41-2)18-16-26/h5-19,22,32H,20-21,23H2,1-4H3/t32-/m1/s1. The number of thioether (sulfide) groups is 1. The molecule has 0 saturated carbocycles. The summed E-state index contributed by atoms with van der Waals surface area (Å²) >= 11 is 1.54. The van der Waals surface area contributed by atoms with Crippen LogP contribution in [0.5, 0.6) is 17.2 Å². The molecule has 7 nitrogen and oxygen atoms in total. The summed E-state index contributed by atoms with van der Waals surface area (Å²) in [5, 5.41) is 7.64. The van der Waals surface area contributed by atoms with E-state index in [4.69, 9.17) is 19.3 Å². The van der Waals surface area contributed by atoms with Gasteiger partial charge in [0.25, 0.3) is 5.91 Å². The van der Waals surface area contributed by atoms with Crippen LogP contribution in [0, 0.1) is 6.92 Å². The molecule has 0 fully saturated rings. The first kappa shape index (κ1) is 29.4. The van der Waals surface area contributed by atoms with Gasteiger partial charge in [-0.1, -0.05) is 60.2 Å². The number of aromatic nitrogens is 1. The van der Waals surface area contributed by atoms with Crippen molar-refractivity contribution in [2.75, 3.05) is 27.1 Å². The molecule has 0 radical (unpaired) electrons. The predicted octanol–water partition coefficient (Wildman–Crippen LogP) is 7.49.